The molecular formula is C31H44Cl2N4O5S2. The van der Waals surface area contributed by atoms with Crippen molar-refractivity contribution in [2.75, 3.05) is 57.0 Å². The molecule has 2 aliphatic heterocycles. The van der Waals surface area contributed by atoms with Crippen molar-refractivity contribution in [2.24, 2.45) is 11.8 Å². The highest BCUT2D eigenvalue weighted by Crippen LogP contribution is 2.30. The number of carbonyl (C=O) groups is 1. The van der Waals surface area contributed by atoms with Crippen molar-refractivity contribution < 1.29 is 21.6 Å². The number of nitrogens with zero attached hydrogens (tertiary/aromatic N) is 3. The molecule has 0 aliphatic carbocycles. The van der Waals surface area contributed by atoms with Gasteiger partial charge in [0.2, 0.25) is 26.0 Å². The number of halogens is 2. The SMILES string of the molecule is CCCNS(=O)(=O)c1ccc(CC2CCN(CCCN(C(=O)C3CCN(S(C)(=O)=O)CC3)c3ccc(Cl)c(Cl)c3)CC2)cc1. The number of piperidine rings is 2. The van der Waals surface area contributed by atoms with E-state index in [0.29, 0.717) is 65.6 Å². The maximum atomic E-state index is 13.7. The van der Waals surface area contributed by atoms with Crippen molar-refractivity contribution in [3.63, 3.8) is 0 Å². The standard InChI is InChI=1S/C31H44Cl2N4O5S2/c1-3-15-34-44(41,42)28-8-5-24(6-9-28)22-25-11-18-35(19-12-25)16-4-17-37(27-7-10-29(32)30(33)23-27)31(38)26-13-20-36(21-14-26)43(2,39)40/h5-10,23,25-26,34H,3-4,11-22H2,1-2H3. The first kappa shape index (κ1) is 35.1. The predicted octanol–water partition coefficient (Wildman–Crippen LogP) is 5.03. The lowest BCUT2D eigenvalue weighted by Gasteiger charge is -2.35. The number of benzene rings is 2. The molecule has 0 atom stereocenters. The van der Waals surface area contributed by atoms with Gasteiger partial charge >= 0.3 is 0 Å². The average Bonchev–Trinajstić information content (AvgIpc) is 3.00. The Morgan fingerprint density at radius 3 is 2.18 bits per heavy atom. The third kappa shape index (κ3) is 9.64. The summed E-state index contributed by atoms with van der Waals surface area (Å²) in [6, 6.07) is 12.5. The monoisotopic (exact) mass is 686 g/mol. The molecule has 0 spiro atoms. The number of rotatable bonds is 13. The molecule has 2 aliphatic rings. The average molecular weight is 688 g/mol. The maximum Gasteiger partial charge on any atom is 0.240 e. The quantitative estimate of drug-likeness (QED) is 0.317. The molecule has 0 unspecified atom stereocenters. The van der Waals surface area contributed by atoms with Crippen molar-refractivity contribution in [1.82, 2.24) is 13.9 Å². The van der Waals surface area contributed by atoms with Crippen molar-refractivity contribution in [3.8, 4) is 0 Å². The summed E-state index contributed by atoms with van der Waals surface area (Å²) in [7, 11) is -6.72. The largest absolute Gasteiger partial charge is 0.312 e. The van der Waals surface area contributed by atoms with E-state index in [1.807, 2.05) is 25.1 Å². The van der Waals surface area contributed by atoms with Crippen LogP contribution in [0.15, 0.2) is 47.4 Å². The van der Waals surface area contributed by atoms with Gasteiger partial charge in [-0.1, -0.05) is 42.3 Å². The van der Waals surface area contributed by atoms with Gasteiger partial charge in [0.15, 0.2) is 0 Å². The Labute approximate surface area is 273 Å². The molecule has 4 rings (SSSR count). The Morgan fingerprint density at radius 2 is 1.59 bits per heavy atom. The van der Waals surface area contributed by atoms with Crippen molar-refractivity contribution in [2.45, 2.75) is 56.8 Å². The van der Waals surface area contributed by atoms with Crippen LogP contribution in [0.1, 0.15) is 51.0 Å². The lowest BCUT2D eigenvalue weighted by atomic mass is 9.90. The minimum absolute atomic E-state index is 0.00443. The molecular weight excluding hydrogens is 643 g/mol. The molecule has 44 heavy (non-hydrogen) atoms. The molecule has 0 saturated carbocycles. The van der Waals surface area contributed by atoms with Crippen LogP contribution in [0.4, 0.5) is 5.69 Å². The van der Waals surface area contributed by atoms with Gasteiger partial charge in [-0.3, -0.25) is 4.79 Å². The van der Waals surface area contributed by atoms with Crippen LogP contribution in [-0.4, -0.2) is 84.0 Å². The van der Waals surface area contributed by atoms with Crippen LogP contribution in [0.5, 0.6) is 0 Å². The van der Waals surface area contributed by atoms with E-state index in [4.69, 9.17) is 23.2 Å². The summed E-state index contributed by atoms with van der Waals surface area (Å²) >= 11 is 12.5. The maximum absolute atomic E-state index is 13.7. The fraction of sp³-hybridized carbons (Fsp3) is 0.581. The lowest BCUT2D eigenvalue weighted by Crippen LogP contribution is -2.45. The smallest absolute Gasteiger partial charge is 0.240 e. The van der Waals surface area contributed by atoms with Gasteiger partial charge in [0.05, 0.1) is 21.2 Å². The van der Waals surface area contributed by atoms with Crippen LogP contribution in [-0.2, 0) is 31.3 Å². The fourth-order valence-electron chi connectivity index (χ4n) is 6.00. The van der Waals surface area contributed by atoms with Crippen LogP contribution in [0.2, 0.25) is 10.0 Å². The Hall–Kier alpha value is -1.73. The van der Waals surface area contributed by atoms with Gasteiger partial charge in [0.1, 0.15) is 0 Å². The van der Waals surface area contributed by atoms with E-state index >= 15 is 0 Å². The van der Waals surface area contributed by atoms with E-state index in [9.17, 15) is 21.6 Å². The van der Waals surface area contributed by atoms with Gasteiger partial charge in [0, 0.05) is 37.8 Å². The number of sulfonamides is 2. The van der Waals surface area contributed by atoms with E-state index in [0.717, 1.165) is 57.3 Å². The van der Waals surface area contributed by atoms with Crippen molar-refractivity contribution >= 4 is 54.8 Å². The molecule has 1 amide bonds. The first-order valence-electron chi connectivity index (χ1n) is 15.4. The summed E-state index contributed by atoms with van der Waals surface area (Å²) in [5.41, 5.74) is 1.85. The molecule has 9 nitrogen and oxygen atoms in total. The van der Waals surface area contributed by atoms with E-state index in [2.05, 4.69) is 9.62 Å². The van der Waals surface area contributed by atoms with Crippen molar-refractivity contribution in [3.05, 3.63) is 58.1 Å². The zero-order chi connectivity index (χ0) is 31.9. The Balaban J connectivity index is 1.28. The first-order chi connectivity index (χ1) is 20.9. The van der Waals surface area contributed by atoms with Crippen LogP contribution >= 0.6 is 23.2 Å². The highest BCUT2D eigenvalue weighted by atomic mass is 35.5. The summed E-state index contributed by atoms with van der Waals surface area (Å²) in [6.07, 6.45) is 6.78. The molecule has 13 heteroatoms. The van der Waals surface area contributed by atoms with Crippen LogP contribution in [0.3, 0.4) is 0 Å². The third-order valence-corrected chi connectivity index (χ3v) is 12.1. The van der Waals surface area contributed by atoms with E-state index < -0.39 is 20.0 Å². The minimum Gasteiger partial charge on any atom is -0.312 e. The lowest BCUT2D eigenvalue weighted by molar-refractivity contribution is -0.123. The molecule has 2 aromatic carbocycles. The van der Waals surface area contributed by atoms with Crippen LogP contribution in [0.25, 0.3) is 0 Å². The molecule has 0 radical (unpaired) electrons. The number of anilines is 1. The van der Waals surface area contributed by atoms with E-state index in [1.165, 1.54) is 10.6 Å². The summed E-state index contributed by atoms with van der Waals surface area (Å²) < 4.78 is 52.6. The predicted molar refractivity (Wildman–Crippen MR) is 177 cm³/mol. The number of carbonyl (C=O) groups excluding carboxylic acids is 1. The highest BCUT2D eigenvalue weighted by molar-refractivity contribution is 7.89. The fourth-order valence-corrected chi connectivity index (χ4v) is 8.30. The summed E-state index contributed by atoms with van der Waals surface area (Å²) in [5.74, 6) is 0.286. The Morgan fingerprint density at radius 1 is 0.932 bits per heavy atom. The molecule has 2 aromatic rings. The Bertz CT molecular complexity index is 1470. The number of nitrogens with one attached hydrogen (secondary N) is 1. The normalized spacial score (nSPS) is 18.0. The number of hydrogen-bond donors (Lipinski definition) is 1. The van der Waals surface area contributed by atoms with Crippen molar-refractivity contribution in [1.29, 1.82) is 0 Å². The molecule has 0 bridgehead atoms. The molecule has 244 valence electrons. The number of likely N-dealkylation sites (tertiary alicyclic amines) is 1. The first-order valence-corrected chi connectivity index (χ1v) is 19.5. The van der Waals surface area contributed by atoms with Gasteiger partial charge in [-0.2, -0.15) is 0 Å². The topological polar surface area (TPSA) is 107 Å². The van der Waals surface area contributed by atoms with Gasteiger partial charge in [-0.25, -0.2) is 25.9 Å². The molecule has 2 saturated heterocycles. The zero-order valence-corrected chi connectivity index (χ0v) is 28.7. The minimum atomic E-state index is -3.45. The Kier molecular flexibility index (Phi) is 12.5. The second kappa shape index (κ2) is 15.7. The van der Waals surface area contributed by atoms with E-state index in [-0.39, 0.29) is 11.8 Å². The third-order valence-electron chi connectivity index (χ3n) is 8.62. The second-order valence-corrected chi connectivity index (χ2v) is 16.5. The van der Waals surface area contributed by atoms with Gasteiger partial charge in [0.25, 0.3) is 0 Å². The molecule has 1 N–H and O–H groups in total. The van der Waals surface area contributed by atoms with Gasteiger partial charge < -0.3 is 9.80 Å². The number of hydrogen-bond acceptors (Lipinski definition) is 6. The highest BCUT2D eigenvalue weighted by Gasteiger charge is 2.32. The summed E-state index contributed by atoms with van der Waals surface area (Å²) in [6.45, 7) is 6.40. The summed E-state index contributed by atoms with van der Waals surface area (Å²) in [4.78, 5) is 18.2. The van der Waals surface area contributed by atoms with Gasteiger partial charge in [-0.15, -0.1) is 0 Å². The van der Waals surface area contributed by atoms with Crippen LogP contribution < -0.4 is 9.62 Å². The molecule has 2 fully saturated rings. The molecule has 2 heterocycles. The zero-order valence-electron chi connectivity index (χ0n) is 25.6. The van der Waals surface area contributed by atoms with E-state index in [1.54, 1.807) is 29.2 Å². The van der Waals surface area contributed by atoms with Gasteiger partial charge in [-0.05, 0) is 106 Å². The number of amides is 1. The second-order valence-electron chi connectivity index (χ2n) is 11.9. The van der Waals surface area contributed by atoms with Crippen LogP contribution in [0, 0.1) is 11.8 Å². The summed E-state index contributed by atoms with van der Waals surface area (Å²) in [5, 5.41) is 0.817. The molecule has 0 aromatic heterocycles.